The van der Waals surface area contributed by atoms with Crippen molar-refractivity contribution in [1.82, 2.24) is 4.90 Å². The molecule has 3 rings (SSSR count). The van der Waals surface area contributed by atoms with E-state index in [-0.39, 0.29) is 17.3 Å². The van der Waals surface area contributed by atoms with E-state index in [9.17, 15) is 8.78 Å². The molecule has 2 heterocycles. The Labute approximate surface area is 117 Å². The number of rotatable bonds is 2. The van der Waals surface area contributed by atoms with Crippen LogP contribution in [0.3, 0.4) is 0 Å². The molecule has 0 aromatic heterocycles. The van der Waals surface area contributed by atoms with Crippen LogP contribution in [0.25, 0.3) is 0 Å². The summed E-state index contributed by atoms with van der Waals surface area (Å²) < 4.78 is 27.8. The Kier molecular flexibility index (Phi) is 3.58. The topological polar surface area (TPSA) is 39.1 Å². The van der Waals surface area contributed by atoms with Crippen molar-refractivity contribution in [2.24, 2.45) is 0 Å². The number of benzene rings is 1. The van der Waals surface area contributed by atoms with Crippen LogP contribution >= 0.6 is 0 Å². The number of hydrogen-bond acceptors (Lipinski definition) is 3. The van der Waals surface area contributed by atoms with Crippen LogP contribution in [-0.2, 0) is 0 Å². The lowest BCUT2D eigenvalue weighted by Gasteiger charge is -2.33. The molecule has 106 valence electrons. The SMILES string of the molecule is N#Cc1cc(F)c(NC2CCN3CCCCC23)c(F)c1. The van der Waals surface area contributed by atoms with Gasteiger partial charge in [-0.3, -0.25) is 4.90 Å². The van der Waals surface area contributed by atoms with E-state index in [0.29, 0.717) is 6.04 Å². The van der Waals surface area contributed by atoms with Crippen molar-refractivity contribution in [3.8, 4) is 6.07 Å². The van der Waals surface area contributed by atoms with E-state index in [0.717, 1.165) is 38.1 Å². The van der Waals surface area contributed by atoms with Crippen LogP contribution in [0, 0.1) is 23.0 Å². The van der Waals surface area contributed by atoms with Gasteiger partial charge in [-0.2, -0.15) is 5.26 Å². The van der Waals surface area contributed by atoms with Crippen LogP contribution in [0.2, 0.25) is 0 Å². The monoisotopic (exact) mass is 277 g/mol. The Hall–Kier alpha value is -1.67. The van der Waals surface area contributed by atoms with Crippen LogP contribution in [0.15, 0.2) is 12.1 Å². The number of fused-ring (bicyclic) bond motifs is 1. The summed E-state index contributed by atoms with van der Waals surface area (Å²) in [6.07, 6.45) is 4.38. The van der Waals surface area contributed by atoms with Crippen LogP contribution < -0.4 is 5.32 Å². The number of nitrogens with one attached hydrogen (secondary N) is 1. The fraction of sp³-hybridized carbons (Fsp3) is 0.533. The summed E-state index contributed by atoms with van der Waals surface area (Å²) in [6, 6.07) is 4.39. The van der Waals surface area contributed by atoms with Gasteiger partial charge in [0, 0.05) is 18.6 Å². The zero-order valence-electron chi connectivity index (χ0n) is 11.2. The second-order valence-corrected chi connectivity index (χ2v) is 5.57. The number of anilines is 1. The maximum Gasteiger partial charge on any atom is 0.150 e. The predicted molar refractivity (Wildman–Crippen MR) is 72.3 cm³/mol. The molecule has 2 saturated heterocycles. The van der Waals surface area contributed by atoms with Gasteiger partial charge in [0.15, 0.2) is 11.6 Å². The quantitative estimate of drug-likeness (QED) is 0.903. The van der Waals surface area contributed by atoms with Gasteiger partial charge < -0.3 is 5.32 Å². The minimum absolute atomic E-state index is 0.0104. The van der Waals surface area contributed by atoms with Gasteiger partial charge in [0.1, 0.15) is 5.69 Å². The van der Waals surface area contributed by atoms with Crippen LogP contribution in [0.4, 0.5) is 14.5 Å². The highest BCUT2D eigenvalue weighted by molar-refractivity contribution is 5.51. The largest absolute Gasteiger partial charge is 0.376 e. The van der Waals surface area contributed by atoms with Gasteiger partial charge >= 0.3 is 0 Å². The molecule has 2 aliphatic rings. The summed E-state index contributed by atoms with van der Waals surface area (Å²) in [4.78, 5) is 2.40. The molecule has 2 unspecified atom stereocenters. The summed E-state index contributed by atoms with van der Waals surface area (Å²) in [7, 11) is 0. The standard InChI is InChI=1S/C15H17F2N3/c16-11-7-10(9-18)8-12(17)15(11)19-13-4-6-20-5-2-1-3-14(13)20/h7-8,13-14,19H,1-6H2. The smallest absolute Gasteiger partial charge is 0.150 e. The first-order valence-electron chi connectivity index (χ1n) is 7.09. The van der Waals surface area contributed by atoms with E-state index in [1.54, 1.807) is 6.07 Å². The number of nitrogens with zero attached hydrogens (tertiary/aromatic N) is 2. The summed E-state index contributed by atoms with van der Waals surface area (Å²) >= 11 is 0. The van der Waals surface area contributed by atoms with Crippen molar-refractivity contribution in [2.45, 2.75) is 37.8 Å². The fourth-order valence-electron chi connectivity index (χ4n) is 3.38. The third-order valence-electron chi connectivity index (χ3n) is 4.36. The zero-order valence-corrected chi connectivity index (χ0v) is 11.2. The van der Waals surface area contributed by atoms with Gasteiger partial charge in [-0.1, -0.05) is 6.42 Å². The Balaban J connectivity index is 1.80. The van der Waals surface area contributed by atoms with E-state index in [1.165, 1.54) is 12.8 Å². The van der Waals surface area contributed by atoms with Gasteiger partial charge in [-0.25, -0.2) is 8.78 Å². The van der Waals surface area contributed by atoms with Gasteiger partial charge in [-0.05, 0) is 37.9 Å². The van der Waals surface area contributed by atoms with E-state index in [4.69, 9.17) is 5.26 Å². The van der Waals surface area contributed by atoms with Gasteiger partial charge in [-0.15, -0.1) is 0 Å². The van der Waals surface area contributed by atoms with Crippen molar-refractivity contribution in [3.05, 3.63) is 29.3 Å². The number of nitriles is 1. The molecule has 1 aromatic rings. The van der Waals surface area contributed by atoms with Gasteiger partial charge in [0.2, 0.25) is 0 Å². The Bertz CT molecular complexity index is 530. The lowest BCUT2D eigenvalue weighted by molar-refractivity contribution is 0.192. The third kappa shape index (κ3) is 2.36. The fourth-order valence-corrected chi connectivity index (χ4v) is 3.38. The predicted octanol–water partition coefficient (Wildman–Crippen LogP) is 2.88. The highest BCUT2D eigenvalue weighted by Crippen LogP contribution is 2.31. The maximum absolute atomic E-state index is 13.9. The molecule has 3 nitrogen and oxygen atoms in total. The van der Waals surface area contributed by atoms with E-state index < -0.39 is 11.6 Å². The lowest BCUT2D eigenvalue weighted by Crippen LogP contribution is -2.42. The molecule has 0 radical (unpaired) electrons. The van der Waals surface area contributed by atoms with E-state index in [1.807, 2.05) is 0 Å². The number of halogens is 2. The van der Waals surface area contributed by atoms with Crippen molar-refractivity contribution < 1.29 is 8.78 Å². The molecule has 2 atom stereocenters. The lowest BCUT2D eigenvalue weighted by atomic mass is 9.98. The molecule has 5 heteroatoms. The van der Waals surface area contributed by atoms with Crippen molar-refractivity contribution in [3.63, 3.8) is 0 Å². The minimum Gasteiger partial charge on any atom is -0.376 e. The summed E-state index contributed by atoms with van der Waals surface area (Å²) in [5.74, 6) is -1.37. The number of hydrogen-bond donors (Lipinski definition) is 1. The molecule has 1 aromatic carbocycles. The van der Waals surface area contributed by atoms with Crippen molar-refractivity contribution in [2.75, 3.05) is 18.4 Å². The van der Waals surface area contributed by atoms with Crippen molar-refractivity contribution in [1.29, 1.82) is 5.26 Å². The zero-order chi connectivity index (χ0) is 14.1. The second kappa shape index (κ2) is 5.37. The average Bonchev–Trinajstić information content (AvgIpc) is 2.86. The first-order valence-corrected chi connectivity index (χ1v) is 7.09. The highest BCUT2D eigenvalue weighted by Gasteiger charge is 2.36. The van der Waals surface area contributed by atoms with Crippen LogP contribution in [0.1, 0.15) is 31.2 Å². The Morgan fingerprint density at radius 3 is 2.60 bits per heavy atom. The molecule has 2 fully saturated rings. The number of piperidine rings is 1. The third-order valence-corrected chi connectivity index (χ3v) is 4.36. The van der Waals surface area contributed by atoms with E-state index >= 15 is 0 Å². The second-order valence-electron chi connectivity index (χ2n) is 5.57. The molecule has 0 saturated carbocycles. The average molecular weight is 277 g/mol. The minimum atomic E-state index is -0.684. The Morgan fingerprint density at radius 1 is 1.15 bits per heavy atom. The maximum atomic E-state index is 13.9. The first-order chi connectivity index (χ1) is 9.69. The molecule has 0 bridgehead atoms. The molecule has 0 spiro atoms. The molecular formula is C15H17F2N3. The van der Waals surface area contributed by atoms with Gasteiger partial charge in [0.25, 0.3) is 0 Å². The molecule has 20 heavy (non-hydrogen) atoms. The molecule has 0 amide bonds. The normalized spacial score (nSPS) is 26.1. The summed E-state index contributed by atoms with van der Waals surface area (Å²) in [5.41, 5.74) is -0.0855. The highest BCUT2D eigenvalue weighted by atomic mass is 19.1. The van der Waals surface area contributed by atoms with Crippen molar-refractivity contribution >= 4 is 5.69 Å². The van der Waals surface area contributed by atoms with Crippen LogP contribution in [0.5, 0.6) is 0 Å². The molecule has 2 aliphatic heterocycles. The van der Waals surface area contributed by atoms with Gasteiger partial charge in [0.05, 0.1) is 11.6 Å². The molecule has 0 aliphatic carbocycles. The summed E-state index contributed by atoms with van der Waals surface area (Å²) in [5, 5.41) is 11.7. The first kappa shape index (κ1) is 13.3. The summed E-state index contributed by atoms with van der Waals surface area (Å²) in [6.45, 7) is 2.07. The Morgan fingerprint density at radius 2 is 1.90 bits per heavy atom. The van der Waals surface area contributed by atoms with E-state index in [2.05, 4.69) is 10.2 Å². The molecular weight excluding hydrogens is 260 g/mol. The molecule has 1 N–H and O–H groups in total. The van der Waals surface area contributed by atoms with Crippen LogP contribution in [-0.4, -0.2) is 30.1 Å².